The summed E-state index contributed by atoms with van der Waals surface area (Å²) < 4.78 is 0. The quantitative estimate of drug-likeness (QED) is 0.507. The van der Waals surface area contributed by atoms with Gasteiger partial charge in [0.2, 0.25) is 23.6 Å². The number of fused-ring (bicyclic) bond motifs is 1. The number of likely N-dealkylation sites (tertiary alicyclic amines) is 1. The van der Waals surface area contributed by atoms with Crippen LogP contribution in [0.15, 0.2) is 18.2 Å². The number of nitrogens with one attached hydrogen (secondary N) is 3. The molecule has 0 spiro atoms. The van der Waals surface area contributed by atoms with E-state index in [0.717, 1.165) is 4.90 Å². The Morgan fingerprint density at radius 3 is 2.45 bits per heavy atom. The maximum absolute atomic E-state index is 13.1. The summed E-state index contributed by atoms with van der Waals surface area (Å²) in [6.45, 7) is 0.847. The summed E-state index contributed by atoms with van der Waals surface area (Å²) in [5.41, 5.74) is 0.584. The average molecular weight is 455 g/mol. The highest BCUT2D eigenvalue weighted by atomic mass is 16.2. The molecule has 4 rings (SSSR count). The predicted octanol–water partition coefficient (Wildman–Crippen LogP) is -0.516. The van der Waals surface area contributed by atoms with E-state index in [-0.39, 0.29) is 48.2 Å². The Morgan fingerprint density at radius 1 is 1.06 bits per heavy atom. The fourth-order valence-corrected chi connectivity index (χ4v) is 4.54. The van der Waals surface area contributed by atoms with Gasteiger partial charge < -0.3 is 15.5 Å². The molecule has 0 aromatic heterocycles. The number of anilines is 1. The highest BCUT2D eigenvalue weighted by molar-refractivity contribution is 6.25. The number of nitrogens with zero attached hydrogens (tertiary/aromatic N) is 2. The summed E-state index contributed by atoms with van der Waals surface area (Å²) >= 11 is 0. The van der Waals surface area contributed by atoms with Gasteiger partial charge in [-0.15, -0.1) is 0 Å². The molecule has 0 aliphatic carbocycles. The van der Waals surface area contributed by atoms with Crippen LogP contribution in [0.2, 0.25) is 0 Å². The van der Waals surface area contributed by atoms with E-state index in [0.29, 0.717) is 31.6 Å². The molecule has 0 bridgehead atoms. The molecule has 0 saturated carbocycles. The molecule has 3 heterocycles. The standard InChI is InChI=1S/C22H25N5O6/c1-23-19(30)12-7-9-26(10-8-12)17(29)11-24-14-4-2-3-13-18(14)22(33)27(21(13)32)15-5-6-16(28)25-20(15)31/h2-4,12,15,24H,5-11H2,1H3,(H,23,30)(H,25,28,31). The Morgan fingerprint density at radius 2 is 1.79 bits per heavy atom. The van der Waals surface area contributed by atoms with Crippen LogP contribution in [-0.2, 0) is 19.2 Å². The van der Waals surface area contributed by atoms with Crippen LogP contribution in [0.5, 0.6) is 0 Å². The molecule has 1 unspecified atom stereocenters. The lowest BCUT2D eigenvalue weighted by Gasteiger charge is -2.31. The van der Waals surface area contributed by atoms with Crippen LogP contribution in [0.4, 0.5) is 5.69 Å². The molecular weight excluding hydrogens is 430 g/mol. The van der Waals surface area contributed by atoms with Gasteiger partial charge >= 0.3 is 0 Å². The van der Waals surface area contributed by atoms with Gasteiger partial charge in [-0.2, -0.15) is 0 Å². The molecule has 11 nitrogen and oxygen atoms in total. The van der Waals surface area contributed by atoms with Crippen LogP contribution in [0.1, 0.15) is 46.4 Å². The van der Waals surface area contributed by atoms with E-state index in [9.17, 15) is 28.8 Å². The molecule has 1 atom stereocenters. The van der Waals surface area contributed by atoms with Crippen molar-refractivity contribution in [2.24, 2.45) is 5.92 Å². The molecule has 1 aromatic carbocycles. The predicted molar refractivity (Wildman–Crippen MR) is 115 cm³/mol. The molecule has 174 valence electrons. The molecule has 3 aliphatic rings. The molecule has 3 aliphatic heterocycles. The molecule has 2 fully saturated rings. The van der Waals surface area contributed by atoms with Gasteiger partial charge in [0.25, 0.3) is 11.8 Å². The normalized spacial score (nSPS) is 21.1. The third-order valence-corrected chi connectivity index (χ3v) is 6.36. The molecule has 2 saturated heterocycles. The van der Waals surface area contributed by atoms with Gasteiger partial charge in [-0.25, -0.2) is 0 Å². The van der Waals surface area contributed by atoms with E-state index in [1.807, 2.05) is 0 Å². The Kier molecular flexibility index (Phi) is 6.12. The van der Waals surface area contributed by atoms with E-state index in [1.165, 1.54) is 6.07 Å². The molecule has 33 heavy (non-hydrogen) atoms. The Hall–Kier alpha value is -3.76. The first-order valence-electron chi connectivity index (χ1n) is 10.9. The van der Waals surface area contributed by atoms with Crippen molar-refractivity contribution in [3.8, 4) is 0 Å². The van der Waals surface area contributed by atoms with Crippen molar-refractivity contribution in [3.63, 3.8) is 0 Å². The highest BCUT2D eigenvalue weighted by Crippen LogP contribution is 2.32. The van der Waals surface area contributed by atoms with Crippen molar-refractivity contribution < 1.29 is 28.8 Å². The van der Waals surface area contributed by atoms with E-state index in [1.54, 1.807) is 24.1 Å². The highest BCUT2D eigenvalue weighted by Gasteiger charge is 2.45. The minimum Gasteiger partial charge on any atom is -0.375 e. The lowest BCUT2D eigenvalue weighted by atomic mass is 9.96. The van der Waals surface area contributed by atoms with E-state index in [4.69, 9.17) is 0 Å². The molecular formula is C22H25N5O6. The summed E-state index contributed by atoms with van der Waals surface area (Å²) in [5, 5.41) is 7.75. The summed E-state index contributed by atoms with van der Waals surface area (Å²) in [6, 6.07) is 3.65. The lowest BCUT2D eigenvalue weighted by molar-refractivity contribution is -0.136. The Balaban J connectivity index is 1.43. The summed E-state index contributed by atoms with van der Waals surface area (Å²) in [5.74, 6) is -2.65. The third-order valence-electron chi connectivity index (χ3n) is 6.36. The van der Waals surface area contributed by atoms with E-state index < -0.39 is 29.7 Å². The largest absolute Gasteiger partial charge is 0.375 e. The number of imide groups is 2. The van der Waals surface area contributed by atoms with Crippen molar-refractivity contribution in [1.29, 1.82) is 0 Å². The number of amides is 6. The van der Waals surface area contributed by atoms with Gasteiger partial charge in [0.15, 0.2) is 0 Å². The second-order valence-corrected chi connectivity index (χ2v) is 8.30. The van der Waals surface area contributed by atoms with Crippen molar-refractivity contribution in [2.75, 3.05) is 32.0 Å². The van der Waals surface area contributed by atoms with Crippen molar-refractivity contribution in [2.45, 2.75) is 31.7 Å². The molecule has 3 N–H and O–H groups in total. The number of carbonyl (C=O) groups is 6. The first-order valence-corrected chi connectivity index (χ1v) is 10.9. The second kappa shape index (κ2) is 9.00. The average Bonchev–Trinajstić information content (AvgIpc) is 3.07. The third kappa shape index (κ3) is 4.18. The maximum Gasteiger partial charge on any atom is 0.264 e. The Bertz CT molecular complexity index is 1050. The smallest absolute Gasteiger partial charge is 0.264 e. The first-order chi connectivity index (χ1) is 15.8. The lowest BCUT2D eigenvalue weighted by Crippen LogP contribution is -2.54. The minimum absolute atomic E-state index is 0.0242. The number of carbonyl (C=O) groups excluding carboxylic acids is 6. The van der Waals surface area contributed by atoms with Gasteiger partial charge in [-0.05, 0) is 31.4 Å². The van der Waals surface area contributed by atoms with Crippen LogP contribution >= 0.6 is 0 Å². The van der Waals surface area contributed by atoms with Crippen LogP contribution in [0.25, 0.3) is 0 Å². The Labute approximate surface area is 189 Å². The van der Waals surface area contributed by atoms with Crippen molar-refractivity contribution >= 4 is 41.1 Å². The van der Waals surface area contributed by atoms with Gasteiger partial charge in [0.05, 0.1) is 17.7 Å². The second-order valence-electron chi connectivity index (χ2n) is 8.30. The first kappa shape index (κ1) is 22.4. The molecule has 0 radical (unpaired) electrons. The number of piperidine rings is 2. The zero-order valence-corrected chi connectivity index (χ0v) is 18.2. The van der Waals surface area contributed by atoms with Crippen LogP contribution in [-0.4, -0.2) is 78.0 Å². The number of hydrogen-bond acceptors (Lipinski definition) is 7. The van der Waals surface area contributed by atoms with Crippen LogP contribution in [0.3, 0.4) is 0 Å². The van der Waals surface area contributed by atoms with Crippen molar-refractivity contribution in [1.82, 2.24) is 20.4 Å². The topological polar surface area (TPSA) is 145 Å². The molecule has 6 amide bonds. The van der Waals surface area contributed by atoms with Gasteiger partial charge in [0.1, 0.15) is 6.04 Å². The number of hydrogen-bond donors (Lipinski definition) is 3. The molecule has 11 heteroatoms. The maximum atomic E-state index is 13.1. The number of benzene rings is 1. The van der Waals surface area contributed by atoms with Crippen LogP contribution < -0.4 is 16.0 Å². The zero-order chi connectivity index (χ0) is 23.7. The zero-order valence-electron chi connectivity index (χ0n) is 18.2. The van der Waals surface area contributed by atoms with Gasteiger partial charge in [0, 0.05) is 38.2 Å². The van der Waals surface area contributed by atoms with Gasteiger partial charge in [-0.1, -0.05) is 6.07 Å². The fraction of sp³-hybridized carbons (Fsp3) is 0.455. The van der Waals surface area contributed by atoms with E-state index >= 15 is 0 Å². The number of rotatable bonds is 5. The molecule has 1 aromatic rings. The summed E-state index contributed by atoms with van der Waals surface area (Å²) in [6.07, 6.45) is 1.28. The van der Waals surface area contributed by atoms with E-state index in [2.05, 4.69) is 16.0 Å². The van der Waals surface area contributed by atoms with Gasteiger partial charge in [-0.3, -0.25) is 39.0 Å². The summed E-state index contributed by atoms with van der Waals surface area (Å²) in [4.78, 5) is 76.6. The SMILES string of the molecule is CNC(=O)C1CCN(C(=O)CNc2cccc3c2C(=O)N(C2CCC(=O)NC2=O)C3=O)CC1. The fourth-order valence-electron chi connectivity index (χ4n) is 4.54. The minimum atomic E-state index is -1.05. The summed E-state index contributed by atoms with van der Waals surface area (Å²) in [7, 11) is 1.59. The van der Waals surface area contributed by atoms with Crippen LogP contribution in [0, 0.1) is 5.92 Å². The van der Waals surface area contributed by atoms with Crippen molar-refractivity contribution in [3.05, 3.63) is 29.3 Å². The monoisotopic (exact) mass is 455 g/mol.